The first kappa shape index (κ1) is 30.8. The highest BCUT2D eigenvalue weighted by molar-refractivity contribution is 6.31. The first-order valence-corrected chi connectivity index (χ1v) is 15.0. The molecule has 2 fully saturated rings. The lowest BCUT2D eigenvalue weighted by Crippen LogP contribution is -2.50. The smallest absolute Gasteiger partial charge is 0.227 e. The van der Waals surface area contributed by atoms with Crippen molar-refractivity contribution in [1.82, 2.24) is 20.1 Å². The average molecular weight is 603 g/mol. The maximum atomic E-state index is 15.0. The molecular formula is C32H41ClF2N4O3. The number of piperidine rings is 1. The van der Waals surface area contributed by atoms with Crippen LogP contribution in [0, 0.1) is 24.5 Å². The van der Waals surface area contributed by atoms with Gasteiger partial charge in [-0.3, -0.25) is 19.5 Å². The quantitative estimate of drug-likeness (QED) is 0.490. The summed E-state index contributed by atoms with van der Waals surface area (Å²) >= 11 is 6.50. The van der Waals surface area contributed by atoms with E-state index >= 15 is 0 Å². The van der Waals surface area contributed by atoms with Crippen molar-refractivity contribution in [2.45, 2.75) is 90.0 Å². The molecule has 1 unspecified atom stereocenters. The van der Waals surface area contributed by atoms with E-state index in [9.17, 15) is 18.4 Å². The van der Waals surface area contributed by atoms with E-state index in [0.29, 0.717) is 55.3 Å². The lowest BCUT2D eigenvalue weighted by atomic mass is 9.83. The van der Waals surface area contributed by atoms with Gasteiger partial charge in [-0.25, -0.2) is 8.78 Å². The number of benzene rings is 1. The number of hydrogen-bond acceptors (Lipinski definition) is 5. The lowest BCUT2D eigenvalue weighted by molar-refractivity contribution is -0.154. The molecule has 10 heteroatoms. The van der Waals surface area contributed by atoms with Gasteiger partial charge >= 0.3 is 0 Å². The largest absolute Gasteiger partial charge is 0.358 e. The SMILES string of the molecule is CC(=O)NC(C)(C)C1OC2(CCN(C(=O)[C@@H]3CN(C(C)(C)C)C[C@H]3c3ccc(F)cc3F)CC2)c2nc(C)c(Cl)cc21. The molecule has 5 rings (SSSR count). The highest BCUT2D eigenvalue weighted by Gasteiger charge is 2.54. The molecule has 0 bridgehead atoms. The number of carbonyl (C=O) groups is 2. The number of ether oxygens (including phenoxy) is 1. The molecule has 2 aromatic rings. The van der Waals surface area contributed by atoms with Gasteiger partial charge in [0.05, 0.1) is 27.9 Å². The number of hydrogen-bond donors (Lipinski definition) is 1. The van der Waals surface area contributed by atoms with Gasteiger partial charge in [0.25, 0.3) is 0 Å². The minimum Gasteiger partial charge on any atom is -0.358 e. The van der Waals surface area contributed by atoms with E-state index in [0.717, 1.165) is 17.3 Å². The average Bonchev–Trinajstić information content (AvgIpc) is 3.45. The molecule has 3 aliphatic rings. The van der Waals surface area contributed by atoms with E-state index < -0.39 is 34.8 Å². The Kier molecular flexibility index (Phi) is 7.95. The predicted molar refractivity (Wildman–Crippen MR) is 157 cm³/mol. The Hall–Kier alpha value is -2.62. The van der Waals surface area contributed by atoms with Crippen molar-refractivity contribution in [3.8, 4) is 0 Å². The number of amides is 2. The highest BCUT2D eigenvalue weighted by atomic mass is 35.5. The summed E-state index contributed by atoms with van der Waals surface area (Å²) in [5, 5.41) is 3.55. The third-order valence-corrected chi connectivity index (χ3v) is 9.61. The maximum Gasteiger partial charge on any atom is 0.227 e. The number of fused-ring (bicyclic) bond motifs is 2. The van der Waals surface area contributed by atoms with Gasteiger partial charge in [0, 0.05) is 56.2 Å². The number of nitrogens with one attached hydrogen (secondary N) is 1. The van der Waals surface area contributed by atoms with E-state index in [-0.39, 0.29) is 23.3 Å². The fourth-order valence-electron chi connectivity index (χ4n) is 6.96. The Labute approximate surface area is 251 Å². The second-order valence-corrected chi connectivity index (χ2v) is 14.1. The molecule has 0 saturated carbocycles. The number of carbonyl (C=O) groups excluding carboxylic acids is 2. The third-order valence-electron chi connectivity index (χ3n) is 9.22. The van der Waals surface area contributed by atoms with E-state index in [1.54, 1.807) is 0 Å². The fourth-order valence-corrected chi connectivity index (χ4v) is 7.12. The lowest BCUT2D eigenvalue weighted by Gasteiger charge is -2.42. The molecule has 0 radical (unpaired) electrons. The van der Waals surface area contributed by atoms with Crippen molar-refractivity contribution in [1.29, 1.82) is 0 Å². The first-order valence-electron chi connectivity index (χ1n) is 14.7. The Morgan fingerprint density at radius 3 is 2.33 bits per heavy atom. The van der Waals surface area contributed by atoms with Crippen molar-refractivity contribution in [3.63, 3.8) is 0 Å². The van der Waals surface area contributed by atoms with Crippen LogP contribution in [0.3, 0.4) is 0 Å². The van der Waals surface area contributed by atoms with Gasteiger partial charge in [0.2, 0.25) is 11.8 Å². The highest BCUT2D eigenvalue weighted by Crippen LogP contribution is 2.53. The van der Waals surface area contributed by atoms with E-state index in [2.05, 4.69) is 31.0 Å². The van der Waals surface area contributed by atoms with Gasteiger partial charge in [-0.15, -0.1) is 0 Å². The summed E-state index contributed by atoms with van der Waals surface area (Å²) in [6, 6.07) is 5.53. The van der Waals surface area contributed by atoms with Gasteiger partial charge in [-0.05, 0) is 72.1 Å². The molecule has 1 aromatic carbocycles. The minimum atomic E-state index is -0.725. The number of nitrogens with zero attached hydrogens (tertiary/aromatic N) is 3. The van der Waals surface area contributed by atoms with Gasteiger partial charge in [0.15, 0.2) is 0 Å². The zero-order valence-corrected chi connectivity index (χ0v) is 26.2. The normalized spacial score (nSPS) is 24.2. The zero-order valence-electron chi connectivity index (χ0n) is 25.5. The molecule has 3 aliphatic heterocycles. The summed E-state index contributed by atoms with van der Waals surface area (Å²) in [6.07, 6.45) is 0.584. The number of halogens is 3. The van der Waals surface area contributed by atoms with Crippen LogP contribution in [0.25, 0.3) is 0 Å². The number of rotatable bonds is 4. The Morgan fingerprint density at radius 2 is 1.74 bits per heavy atom. The minimum absolute atomic E-state index is 0.0288. The van der Waals surface area contributed by atoms with Crippen LogP contribution in [0.5, 0.6) is 0 Å². The molecule has 42 heavy (non-hydrogen) atoms. The molecule has 0 aliphatic carbocycles. The van der Waals surface area contributed by atoms with Crippen molar-refractivity contribution >= 4 is 23.4 Å². The van der Waals surface area contributed by atoms with Crippen LogP contribution in [0.1, 0.15) is 88.9 Å². The molecule has 4 heterocycles. The van der Waals surface area contributed by atoms with Crippen molar-refractivity contribution in [2.24, 2.45) is 5.92 Å². The number of aromatic nitrogens is 1. The van der Waals surface area contributed by atoms with Crippen LogP contribution in [0.2, 0.25) is 5.02 Å². The van der Waals surface area contributed by atoms with Crippen LogP contribution in [-0.4, -0.2) is 63.9 Å². The first-order chi connectivity index (χ1) is 19.5. The van der Waals surface area contributed by atoms with Gasteiger partial charge in [0.1, 0.15) is 23.3 Å². The monoisotopic (exact) mass is 602 g/mol. The van der Waals surface area contributed by atoms with Gasteiger partial charge in [-0.2, -0.15) is 0 Å². The summed E-state index contributed by atoms with van der Waals surface area (Å²) in [5.74, 6) is -2.28. The molecule has 2 amide bonds. The molecular weight excluding hydrogens is 562 g/mol. The topological polar surface area (TPSA) is 74.8 Å². The second-order valence-electron chi connectivity index (χ2n) is 13.7. The van der Waals surface area contributed by atoms with E-state index in [4.69, 9.17) is 21.3 Å². The molecule has 1 spiro atoms. The van der Waals surface area contributed by atoms with Crippen LogP contribution in [-0.2, 0) is 19.9 Å². The van der Waals surface area contributed by atoms with Gasteiger partial charge < -0.3 is 15.0 Å². The van der Waals surface area contributed by atoms with Crippen LogP contribution in [0.4, 0.5) is 8.78 Å². The summed E-state index contributed by atoms with van der Waals surface area (Å²) in [4.78, 5) is 35.1. The van der Waals surface area contributed by atoms with Crippen molar-refractivity contribution in [3.05, 3.63) is 63.4 Å². The Bertz CT molecular complexity index is 1400. The molecule has 7 nitrogen and oxygen atoms in total. The zero-order chi connectivity index (χ0) is 30.8. The maximum absolute atomic E-state index is 15.0. The number of pyridine rings is 1. The number of aryl methyl sites for hydroxylation is 1. The van der Waals surface area contributed by atoms with E-state index in [1.807, 2.05) is 31.7 Å². The van der Waals surface area contributed by atoms with Gasteiger partial charge in [-0.1, -0.05) is 17.7 Å². The van der Waals surface area contributed by atoms with E-state index in [1.165, 1.54) is 19.1 Å². The van der Waals surface area contributed by atoms with Crippen molar-refractivity contribution in [2.75, 3.05) is 26.2 Å². The number of likely N-dealkylation sites (tertiary alicyclic amines) is 2. The predicted octanol–water partition coefficient (Wildman–Crippen LogP) is 5.64. The standard InChI is InChI=1S/C32H41ClF2N4O3/c1-18-25(33)15-22-27(36-18)32(42-28(22)31(6,7)37-19(2)40)10-12-38(13-11-32)29(41)24-17-39(30(3,4)5)16-23(24)21-9-8-20(34)14-26(21)35/h8-9,14-15,23-24,28H,10-13,16-17H2,1-7H3,(H,37,40)/t23-,24+,28?/m0/s1. The summed E-state index contributed by atoms with van der Waals surface area (Å²) in [5.41, 5.74) is 1.09. The molecule has 3 atom stereocenters. The summed E-state index contributed by atoms with van der Waals surface area (Å²) in [6.45, 7) is 15.3. The van der Waals surface area contributed by atoms with Crippen LogP contribution < -0.4 is 5.32 Å². The van der Waals surface area contributed by atoms with Crippen LogP contribution in [0.15, 0.2) is 24.3 Å². The summed E-state index contributed by atoms with van der Waals surface area (Å²) in [7, 11) is 0. The summed E-state index contributed by atoms with van der Waals surface area (Å²) < 4.78 is 35.5. The second kappa shape index (κ2) is 10.8. The molecule has 1 N–H and O–H groups in total. The third kappa shape index (κ3) is 5.55. The Morgan fingerprint density at radius 1 is 1.07 bits per heavy atom. The fraction of sp³-hybridized carbons (Fsp3) is 0.594. The molecule has 228 valence electrons. The van der Waals surface area contributed by atoms with Crippen molar-refractivity contribution < 1.29 is 23.1 Å². The molecule has 1 aromatic heterocycles. The van der Waals surface area contributed by atoms with Crippen LogP contribution >= 0.6 is 11.6 Å². The molecule has 2 saturated heterocycles. The Balaban J connectivity index is 1.40.